The molecule has 4 N–H and O–H groups in total. The zero-order chi connectivity index (χ0) is 25.1. The predicted octanol–water partition coefficient (Wildman–Crippen LogP) is 4.35. The van der Waals surface area contributed by atoms with Crippen LogP contribution in [0.2, 0.25) is 0 Å². The van der Waals surface area contributed by atoms with Crippen molar-refractivity contribution in [2.75, 3.05) is 11.1 Å². The van der Waals surface area contributed by atoms with Crippen molar-refractivity contribution in [3.63, 3.8) is 0 Å². The molecule has 1 aromatic heterocycles. The summed E-state index contributed by atoms with van der Waals surface area (Å²) in [7, 11) is 0. The lowest BCUT2D eigenvalue weighted by Gasteiger charge is -2.10. The van der Waals surface area contributed by atoms with Crippen LogP contribution in [0.15, 0.2) is 60.0 Å². The van der Waals surface area contributed by atoms with Crippen molar-refractivity contribution < 1.29 is 18.1 Å². The van der Waals surface area contributed by atoms with Gasteiger partial charge in [0.1, 0.15) is 0 Å². The smallest absolute Gasteiger partial charge is 0.230 e. The number of rotatable bonds is 9. The number of carbonyl (C=O) groups excluding carboxylic acids is 1. The molecule has 0 aliphatic rings. The highest BCUT2D eigenvalue weighted by atomic mass is 32.1. The van der Waals surface area contributed by atoms with Gasteiger partial charge in [-0.2, -0.15) is 0 Å². The van der Waals surface area contributed by atoms with Crippen LogP contribution in [0.5, 0.6) is 0 Å². The van der Waals surface area contributed by atoms with Gasteiger partial charge in [0.05, 0.1) is 20.9 Å². The van der Waals surface area contributed by atoms with Crippen molar-refractivity contribution in [1.82, 2.24) is 4.98 Å². The number of anilines is 2. The van der Waals surface area contributed by atoms with Crippen LogP contribution in [0.4, 0.5) is 10.8 Å². The third-order valence-corrected chi connectivity index (χ3v) is 4.47. The van der Waals surface area contributed by atoms with Gasteiger partial charge in [-0.1, -0.05) is 48.9 Å². The lowest BCUT2D eigenvalue weighted by atomic mass is 10.0. The molecule has 146 valence electrons. The minimum atomic E-state index is -2.57. The molecular formula is C22H25N3O2S. The monoisotopic (exact) mass is 401 g/mol. The molecule has 1 atom stereocenters. The van der Waals surface area contributed by atoms with Gasteiger partial charge < -0.3 is 16.2 Å². The van der Waals surface area contributed by atoms with Gasteiger partial charge in [0.2, 0.25) is 5.91 Å². The summed E-state index contributed by atoms with van der Waals surface area (Å²) in [5.74, 6) is -1.02. The number of carbonyl (C=O) groups is 1. The van der Waals surface area contributed by atoms with Gasteiger partial charge in [-0.3, -0.25) is 4.79 Å². The normalized spacial score (nSPS) is 17.2. The molecule has 6 heteroatoms. The maximum Gasteiger partial charge on any atom is 0.230 e. The van der Waals surface area contributed by atoms with Gasteiger partial charge in [-0.05, 0) is 42.5 Å². The average molecular weight is 402 g/mol. The number of benzene rings is 2. The zero-order valence-corrected chi connectivity index (χ0v) is 15.9. The summed E-state index contributed by atoms with van der Waals surface area (Å²) in [4.78, 5) is 16.2. The molecule has 1 amide bonds. The van der Waals surface area contributed by atoms with E-state index in [-0.39, 0.29) is 41.1 Å². The summed E-state index contributed by atoms with van der Waals surface area (Å²) in [6.07, 6.45) is -5.68. The van der Waals surface area contributed by atoms with Crippen molar-refractivity contribution in [2.24, 2.45) is 0 Å². The molecule has 0 bridgehead atoms. The fourth-order valence-electron chi connectivity index (χ4n) is 2.51. The molecule has 0 unspecified atom stereocenters. The minimum absolute atomic E-state index is 0.00381. The van der Waals surface area contributed by atoms with Crippen molar-refractivity contribution >= 4 is 28.1 Å². The Morgan fingerprint density at radius 1 is 1.25 bits per heavy atom. The third-order valence-electron chi connectivity index (χ3n) is 3.88. The lowest BCUT2D eigenvalue weighted by Crippen LogP contribution is -2.14. The van der Waals surface area contributed by atoms with E-state index >= 15 is 0 Å². The lowest BCUT2D eigenvalue weighted by molar-refractivity contribution is -0.115. The Kier molecular flexibility index (Phi) is 4.82. The molecule has 3 aromatic rings. The van der Waals surface area contributed by atoms with Gasteiger partial charge >= 0.3 is 0 Å². The molecule has 0 saturated heterocycles. The van der Waals surface area contributed by atoms with Gasteiger partial charge in [0.25, 0.3) is 0 Å². The first-order chi connectivity index (χ1) is 15.8. The minimum Gasteiger partial charge on any atom is -0.388 e. The molecule has 0 radical (unpaired) electrons. The summed E-state index contributed by atoms with van der Waals surface area (Å²) >= 11 is 0.775. The van der Waals surface area contributed by atoms with Crippen molar-refractivity contribution in [1.29, 1.82) is 0 Å². The molecule has 0 aliphatic heterocycles. The fraction of sp³-hybridized carbons (Fsp3) is 0.273. The van der Waals surface area contributed by atoms with E-state index in [0.717, 1.165) is 11.3 Å². The van der Waals surface area contributed by atoms with Crippen LogP contribution in [0, 0.1) is 0 Å². The largest absolute Gasteiger partial charge is 0.388 e. The number of nitrogens with zero attached hydrogens (tertiary/aromatic N) is 1. The van der Waals surface area contributed by atoms with E-state index in [1.807, 2.05) is 0 Å². The number of nitrogens with two attached hydrogens (primary N) is 1. The summed E-state index contributed by atoms with van der Waals surface area (Å²) in [5.41, 5.74) is 6.21. The van der Waals surface area contributed by atoms with Crippen LogP contribution in [0.1, 0.15) is 50.4 Å². The Morgan fingerprint density at radius 2 is 2.00 bits per heavy atom. The first-order valence-electron chi connectivity index (χ1n) is 11.8. The number of nitrogens with one attached hydrogen (secondary N) is 1. The molecule has 0 aliphatic carbocycles. The van der Waals surface area contributed by atoms with E-state index in [0.29, 0.717) is 11.1 Å². The van der Waals surface area contributed by atoms with Crippen molar-refractivity contribution in [2.45, 2.75) is 38.1 Å². The van der Waals surface area contributed by atoms with E-state index in [9.17, 15) is 9.90 Å². The van der Waals surface area contributed by atoms with Gasteiger partial charge in [0.15, 0.2) is 5.13 Å². The summed E-state index contributed by atoms with van der Waals surface area (Å²) in [6.45, 7) is 0. The zero-order valence-electron chi connectivity index (χ0n) is 21.1. The van der Waals surface area contributed by atoms with Crippen molar-refractivity contribution in [3.8, 4) is 0 Å². The molecule has 2 aromatic carbocycles. The second-order valence-corrected chi connectivity index (χ2v) is 6.83. The van der Waals surface area contributed by atoms with Gasteiger partial charge in [-0.15, -0.1) is 11.3 Å². The van der Waals surface area contributed by atoms with E-state index < -0.39 is 24.7 Å². The van der Waals surface area contributed by atoms with Gasteiger partial charge in [-0.25, -0.2) is 4.98 Å². The average Bonchev–Trinajstić information content (AvgIpc) is 3.13. The number of aryl methyl sites for hydroxylation is 1. The Labute approximate surface area is 177 Å². The highest BCUT2D eigenvalue weighted by Crippen LogP contribution is 2.20. The van der Waals surface area contributed by atoms with E-state index in [1.165, 1.54) is 24.3 Å². The molecular weight excluding hydrogens is 370 g/mol. The quantitative estimate of drug-likeness (QED) is 0.497. The number of nitrogen functional groups attached to an aromatic ring is 1. The van der Waals surface area contributed by atoms with E-state index in [4.69, 9.17) is 14.0 Å². The highest BCUT2D eigenvalue weighted by Gasteiger charge is 2.08. The number of aromatic nitrogens is 1. The van der Waals surface area contributed by atoms with Crippen LogP contribution in [0.3, 0.4) is 0 Å². The van der Waals surface area contributed by atoms with E-state index in [2.05, 4.69) is 10.3 Å². The Hall–Kier alpha value is -2.70. The molecule has 1 heterocycles. The van der Waals surface area contributed by atoms with Crippen molar-refractivity contribution in [3.05, 3.63) is 76.8 Å². The van der Waals surface area contributed by atoms with Gasteiger partial charge in [0, 0.05) is 16.5 Å². The summed E-state index contributed by atoms with van der Waals surface area (Å²) < 4.78 is 48.7. The first kappa shape index (κ1) is 13.5. The molecule has 0 fully saturated rings. The van der Waals surface area contributed by atoms with Crippen LogP contribution < -0.4 is 11.1 Å². The Bertz CT molecular complexity index is 1140. The summed E-state index contributed by atoms with van der Waals surface area (Å²) in [5, 5.41) is 12.6. The topological polar surface area (TPSA) is 88.2 Å². The fourth-order valence-corrected chi connectivity index (χ4v) is 2.95. The Morgan fingerprint density at radius 3 is 2.68 bits per heavy atom. The molecule has 28 heavy (non-hydrogen) atoms. The molecule has 5 nitrogen and oxygen atoms in total. The standard InChI is InChI=1S/C22H25N3O2S/c23-22-25-19(15-28-22)14-21(27)24-18-12-10-16(11-13-18)6-4-5-9-20(26)17-7-2-1-3-8-17/h1-3,7-8,10-13,15,20,26H,4-6,9,14H2,(H2,23,25)(H,24,27)/t20-/m0/s1/i6D2,14D2,15D,20D. The second-order valence-electron chi connectivity index (χ2n) is 6.00. The van der Waals surface area contributed by atoms with Crippen LogP contribution in [-0.4, -0.2) is 16.0 Å². The summed E-state index contributed by atoms with van der Waals surface area (Å²) in [6, 6.07) is 14.5. The molecule has 0 spiro atoms. The number of hydrogen-bond donors (Lipinski definition) is 3. The molecule has 0 saturated carbocycles. The number of aliphatic hydroxyl groups is 1. The first-order valence-corrected chi connectivity index (χ1v) is 9.58. The number of hydrogen-bond acceptors (Lipinski definition) is 5. The predicted molar refractivity (Wildman–Crippen MR) is 114 cm³/mol. The number of thiazole rings is 1. The maximum atomic E-state index is 12.5. The number of amides is 1. The second kappa shape index (κ2) is 10.0. The SMILES string of the molecule is [2H]c1sc(N)nc1C([2H])([2H])C(=O)Nc1ccc(C([2H])([2H])CCC[C@]([2H])(O)c2ccccc2)cc1. The highest BCUT2D eigenvalue weighted by molar-refractivity contribution is 7.13. The van der Waals surface area contributed by atoms with Crippen LogP contribution in [0.25, 0.3) is 0 Å². The van der Waals surface area contributed by atoms with Crippen LogP contribution >= 0.6 is 11.3 Å². The molecule has 3 rings (SSSR count). The van der Waals surface area contributed by atoms with E-state index in [1.54, 1.807) is 30.3 Å². The third kappa shape index (κ3) is 6.18. The maximum absolute atomic E-state index is 12.5. The Balaban J connectivity index is 1.61. The van der Waals surface area contributed by atoms with Crippen LogP contribution in [-0.2, 0) is 17.5 Å².